The Labute approximate surface area is 93.2 Å². The van der Waals surface area contributed by atoms with E-state index < -0.39 is 0 Å². The Bertz CT molecular complexity index is 297. The normalized spacial score (nSPS) is 24.0. The molecule has 1 aromatic heterocycles. The molecule has 4 heteroatoms. The van der Waals surface area contributed by atoms with Gasteiger partial charge in [-0.05, 0) is 48.3 Å². The van der Waals surface area contributed by atoms with Gasteiger partial charge >= 0.3 is 0 Å². The molecule has 0 N–H and O–H groups in total. The average Bonchev–Trinajstić information content (AvgIpc) is 2.51. The molecule has 2 rings (SSSR count). The standard InChI is InChI=1S/C10H16BrN3/c1-13-4-2-3-9(6-13)7-14-8-10(11)5-12-14/h5,8-9H,2-4,6-7H2,1H3. The van der Waals surface area contributed by atoms with Crippen LogP contribution in [-0.4, -0.2) is 34.8 Å². The number of nitrogens with zero attached hydrogens (tertiary/aromatic N) is 3. The fourth-order valence-corrected chi connectivity index (χ4v) is 2.45. The van der Waals surface area contributed by atoms with Crippen molar-refractivity contribution in [2.24, 2.45) is 5.92 Å². The first-order valence-corrected chi connectivity index (χ1v) is 5.90. The number of likely N-dealkylation sites (tertiary alicyclic amines) is 1. The fraction of sp³-hybridized carbons (Fsp3) is 0.700. The van der Waals surface area contributed by atoms with E-state index >= 15 is 0 Å². The zero-order valence-corrected chi connectivity index (χ0v) is 10.1. The Kier molecular flexibility index (Phi) is 3.23. The molecule has 1 atom stereocenters. The fourth-order valence-electron chi connectivity index (χ4n) is 2.12. The molecule has 0 spiro atoms. The van der Waals surface area contributed by atoms with Crippen molar-refractivity contribution in [3.05, 3.63) is 16.9 Å². The number of piperidine rings is 1. The van der Waals surface area contributed by atoms with Gasteiger partial charge < -0.3 is 4.90 Å². The van der Waals surface area contributed by atoms with E-state index in [1.165, 1.54) is 25.9 Å². The number of halogens is 1. The predicted octanol–water partition coefficient (Wildman–Crippen LogP) is 1.99. The summed E-state index contributed by atoms with van der Waals surface area (Å²) in [5.74, 6) is 0.764. The van der Waals surface area contributed by atoms with Crippen LogP contribution < -0.4 is 0 Å². The monoisotopic (exact) mass is 257 g/mol. The smallest absolute Gasteiger partial charge is 0.0632 e. The van der Waals surface area contributed by atoms with E-state index in [1.807, 2.05) is 10.9 Å². The largest absolute Gasteiger partial charge is 0.306 e. The van der Waals surface area contributed by atoms with Crippen molar-refractivity contribution < 1.29 is 0 Å². The lowest BCUT2D eigenvalue weighted by Crippen LogP contribution is -2.34. The van der Waals surface area contributed by atoms with Crippen LogP contribution in [0.4, 0.5) is 0 Å². The molecule has 0 amide bonds. The van der Waals surface area contributed by atoms with Gasteiger partial charge in [0.1, 0.15) is 0 Å². The van der Waals surface area contributed by atoms with Crippen LogP contribution in [0.2, 0.25) is 0 Å². The van der Waals surface area contributed by atoms with E-state index in [4.69, 9.17) is 0 Å². The SMILES string of the molecule is CN1CCCC(Cn2cc(Br)cn2)C1. The molecule has 2 heterocycles. The molecular formula is C10H16BrN3. The molecule has 1 aromatic rings. The molecule has 0 aromatic carbocycles. The second-order valence-corrected chi connectivity index (χ2v) is 5.07. The molecule has 1 saturated heterocycles. The van der Waals surface area contributed by atoms with Crippen LogP contribution in [0.3, 0.4) is 0 Å². The Balaban J connectivity index is 1.90. The van der Waals surface area contributed by atoms with E-state index in [0.29, 0.717) is 0 Å². The minimum absolute atomic E-state index is 0.764. The lowest BCUT2D eigenvalue weighted by atomic mass is 9.99. The highest BCUT2D eigenvalue weighted by Crippen LogP contribution is 2.17. The van der Waals surface area contributed by atoms with Crippen molar-refractivity contribution in [3.63, 3.8) is 0 Å². The summed E-state index contributed by atoms with van der Waals surface area (Å²) in [7, 11) is 2.20. The maximum Gasteiger partial charge on any atom is 0.0632 e. The van der Waals surface area contributed by atoms with Gasteiger partial charge in [-0.1, -0.05) is 0 Å². The number of aromatic nitrogens is 2. The molecular weight excluding hydrogens is 242 g/mol. The number of hydrogen-bond donors (Lipinski definition) is 0. The second-order valence-electron chi connectivity index (χ2n) is 4.15. The number of rotatable bonds is 2. The molecule has 0 radical (unpaired) electrons. The van der Waals surface area contributed by atoms with Crippen molar-refractivity contribution in [2.75, 3.05) is 20.1 Å². The summed E-state index contributed by atoms with van der Waals surface area (Å²) in [6, 6.07) is 0. The van der Waals surface area contributed by atoms with Crippen molar-refractivity contribution in [1.82, 2.24) is 14.7 Å². The average molecular weight is 258 g/mol. The van der Waals surface area contributed by atoms with E-state index in [9.17, 15) is 0 Å². The summed E-state index contributed by atoms with van der Waals surface area (Å²) in [5, 5.41) is 4.29. The minimum atomic E-state index is 0.764. The van der Waals surface area contributed by atoms with Gasteiger partial charge in [-0.2, -0.15) is 5.10 Å². The Morgan fingerprint density at radius 2 is 2.50 bits per heavy atom. The van der Waals surface area contributed by atoms with E-state index in [0.717, 1.165) is 16.9 Å². The maximum atomic E-state index is 4.29. The maximum absolute atomic E-state index is 4.29. The van der Waals surface area contributed by atoms with Crippen LogP contribution >= 0.6 is 15.9 Å². The molecule has 3 nitrogen and oxygen atoms in total. The third-order valence-corrected chi connectivity index (χ3v) is 3.18. The topological polar surface area (TPSA) is 21.1 Å². The van der Waals surface area contributed by atoms with Gasteiger partial charge in [-0.3, -0.25) is 4.68 Å². The van der Waals surface area contributed by atoms with Crippen molar-refractivity contribution in [3.8, 4) is 0 Å². The van der Waals surface area contributed by atoms with E-state index in [1.54, 1.807) is 0 Å². The van der Waals surface area contributed by atoms with Gasteiger partial charge in [-0.25, -0.2) is 0 Å². The quantitative estimate of drug-likeness (QED) is 0.808. The van der Waals surface area contributed by atoms with Crippen molar-refractivity contribution in [1.29, 1.82) is 0 Å². The zero-order chi connectivity index (χ0) is 9.97. The van der Waals surface area contributed by atoms with Crippen LogP contribution in [0.1, 0.15) is 12.8 Å². The van der Waals surface area contributed by atoms with Gasteiger partial charge in [0.05, 0.1) is 10.7 Å². The summed E-state index contributed by atoms with van der Waals surface area (Å²) in [4.78, 5) is 2.41. The molecule has 1 aliphatic rings. The Hall–Kier alpha value is -0.350. The highest BCUT2D eigenvalue weighted by atomic mass is 79.9. The first-order valence-electron chi connectivity index (χ1n) is 5.10. The predicted molar refractivity (Wildman–Crippen MR) is 60.1 cm³/mol. The third kappa shape index (κ3) is 2.58. The Morgan fingerprint density at radius 1 is 1.64 bits per heavy atom. The van der Waals surface area contributed by atoms with Crippen molar-refractivity contribution in [2.45, 2.75) is 19.4 Å². The lowest BCUT2D eigenvalue weighted by Gasteiger charge is -2.29. The van der Waals surface area contributed by atoms with Crippen molar-refractivity contribution >= 4 is 15.9 Å². The first kappa shape index (κ1) is 10.2. The number of hydrogen-bond acceptors (Lipinski definition) is 2. The van der Waals surface area contributed by atoms with Gasteiger partial charge in [0.2, 0.25) is 0 Å². The van der Waals surface area contributed by atoms with Gasteiger partial charge in [0.25, 0.3) is 0 Å². The summed E-state index contributed by atoms with van der Waals surface area (Å²) >= 11 is 3.42. The van der Waals surface area contributed by atoms with Gasteiger partial charge in [-0.15, -0.1) is 0 Å². The van der Waals surface area contributed by atoms with E-state index in [-0.39, 0.29) is 0 Å². The van der Waals surface area contributed by atoms with Crippen LogP contribution in [0.25, 0.3) is 0 Å². The third-order valence-electron chi connectivity index (χ3n) is 2.77. The molecule has 78 valence electrons. The summed E-state index contributed by atoms with van der Waals surface area (Å²) in [5.41, 5.74) is 0. The lowest BCUT2D eigenvalue weighted by molar-refractivity contribution is 0.190. The highest BCUT2D eigenvalue weighted by molar-refractivity contribution is 9.10. The first-order chi connectivity index (χ1) is 6.74. The minimum Gasteiger partial charge on any atom is -0.306 e. The summed E-state index contributed by atoms with van der Waals surface area (Å²) < 4.78 is 3.11. The Morgan fingerprint density at radius 3 is 3.14 bits per heavy atom. The molecule has 14 heavy (non-hydrogen) atoms. The van der Waals surface area contributed by atoms with Crippen LogP contribution in [0.15, 0.2) is 16.9 Å². The van der Waals surface area contributed by atoms with Gasteiger partial charge in [0.15, 0.2) is 0 Å². The molecule has 0 aliphatic carbocycles. The molecule has 0 saturated carbocycles. The highest BCUT2D eigenvalue weighted by Gasteiger charge is 2.17. The van der Waals surface area contributed by atoms with Crippen LogP contribution in [-0.2, 0) is 6.54 Å². The second kappa shape index (κ2) is 4.45. The van der Waals surface area contributed by atoms with E-state index in [2.05, 4.69) is 39.2 Å². The van der Waals surface area contributed by atoms with Crippen LogP contribution in [0.5, 0.6) is 0 Å². The summed E-state index contributed by atoms with van der Waals surface area (Å²) in [6.07, 6.45) is 6.56. The van der Waals surface area contributed by atoms with Gasteiger partial charge in [0, 0.05) is 19.3 Å². The zero-order valence-electron chi connectivity index (χ0n) is 8.49. The molecule has 1 aliphatic heterocycles. The van der Waals surface area contributed by atoms with Crippen LogP contribution in [0, 0.1) is 5.92 Å². The summed E-state index contributed by atoms with van der Waals surface area (Å²) in [6.45, 7) is 3.51. The molecule has 1 fully saturated rings. The molecule has 1 unspecified atom stereocenters. The molecule has 0 bridgehead atoms.